The molecule has 2 unspecified atom stereocenters. The average molecular weight is 399 g/mol. The second kappa shape index (κ2) is 7.91. The fraction of sp³-hybridized carbons (Fsp3) is 0.333. The maximum atomic E-state index is 13.0. The predicted molar refractivity (Wildman–Crippen MR) is 108 cm³/mol. The molecule has 1 aliphatic rings. The number of carbonyl (C=O) groups excluding carboxylic acids is 1. The molecule has 1 amide bonds. The number of hydrogen-bond donors (Lipinski definition) is 2. The smallest absolute Gasteiger partial charge is 0.288 e. The number of amides is 1. The van der Waals surface area contributed by atoms with E-state index < -0.39 is 0 Å². The number of benzene rings is 1. The quantitative estimate of drug-likeness (QED) is 0.693. The second-order valence-electron chi connectivity index (χ2n) is 7.23. The van der Waals surface area contributed by atoms with Gasteiger partial charge in [-0.3, -0.25) is 14.1 Å². The number of fused-ring (bicyclic) bond motifs is 1. The Balaban J connectivity index is 1.59. The second-order valence-corrected chi connectivity index (χ2v) is 7.64. The number of nitrogens with one attached hydrogen (secondary N) is 1. The fourth-order valence-corrected chi connectivity index (χ4v) is 4.01. The summed E-state index contributed by atoms with van der Waals surface area (Å²) in [7, 11) is 0. The van der Waals surface area contributed by atoms with Gasteiger partial charge in [-0.2, -0.15) is 0 Å². The first-order valence-electron chi connectivity index (χ1n) is 9.44. The van der Waals surface area contributed by atoms with Gasteiger partial charge in [-0.15, -0.1) is 0 Å². The SMILES string of the molecule is CC(NC(=O)c1nc(CN2CCC(O)C2)c2ccccn12)c1ccccc1Cl. The first kappa shape index (κ1) is 18.9. The van der Waals surface area contributed by atoms with Crippen LogP contribution in [0.1, 0.15) is 41.3 Å². The van der Waals surface area contributed by atoms with Crippen molar-refractivity contribution in [1.82, 2.24) is 19.6 Å². The van der Waals surface area contributed by atoms with E-state index in [1.54, 1.807) is 0 Å². The molecule has 2 N–H and O–H groups in total. The van der Waals surface area contributed by atoms with Crippen LogP contribution >= 0.6 is 11.6 Å². The molecule has 7 heteroatoms. The summed E-state index contributed by atoms with van der Waals surface area (Å²) in [5.74, 6) is 0.102. The lowest BCUT2D eigenvalue weighted by Gasteiger charge is -2.15. The summed E-state index contributed by atoms with van der Waals surface area (Å²) >= 11 is 6.26. The minimum atomic E-state index is -0.284. The van der Waals surface area contributed by atoms with Gasteiger partial charge in [0.05, 0.1) is 23.4 Å². The Labute approximate surface area is 168 Å². The Morgan fingerprint density at radius 2 is 2.11 bits per heavy atom. The van der Waals surface area contributed by atoms with Crippen LogP contribution in [0, 0.1) is 0 Å². The average Bonchev–Trinajstić information content (AvgIpc) is 3.26. The monoisotopic (exact) mass is 398 g/mol. The van der Waals surface area contributed by atoms with E-state index in [9.17, 15) is 9.90 Å². The van der Waals surface area contributed by atoms with Crippen molar-refractivity contribution in [3.8, 4) is 0 Å². The van der Waals surface area contributed by atoms with E-state index in [4.69, 9.17) is 11.6 Å². The third-order valence-electron chi connectivity index (χ3n) is 5.17. The molecule has 2 atom stereocenters. The van der Waals surface area contributed by atoms with Gasteiger partial charge >= 0.3 is 0 Å². The highest BCUT2D eigenvalue weighted by Crippen LogP contribution is 2.23. The minimum Gasteiger partial charge on any atom is -0.392 e. The molecule has 1 aromatic carbocycles. The molecule has 1 fully saturated rings. The summed E-state index contributed by atoms with van der Waals surface area (Å²) in [6.07, 6.45) is 2.34. The van der Waals surface area contributed by atoms with Crippen LogP contribution in [0.25, 0.3) is 5.52 Å². The Hall–Kier alpha value is -2.41. The van der Waals surface area contributed by atoms with Crippen molar-refractivity contribution < 1.29 is 9.90 Å². The highest BCUT2D eigenvalue weighted by molar-refractivity contribution is 6.31. The lowest BCUT2D eigenvalue weighted by molar-refractivity contribution is 0.0928. The number of aromatic nitrogens is 2. The van der Waals surface area contributed by atoms with E-state index in [0.29, 0.717) is 23.9 Å². The number of hydrogen-bond acceptors (Lipinski definition) is 4. The molecule has 28 heavy (non-hydrogen) atoms. The van der Waals surface area contributed by atoms with Gasteiger partial charge in [-0.05, 0) is 37.1 Å². The topological polar surface area (TPSA) is 69.9 Å². The molecule has 6 nitrogen and oxygen atoms in total. The maximum Gasteiger partial charge on any atom is 0.288 e. The number of aliphatic hydroxyl groups excluding tert-OH is 1. The van der Waals surface area contributed by atoms with Crippen LogP contribution in [0.5, 0.6) is 0 Å². The van der Waals surface area contributed by atoms with Crippen LogP contribution < -0.4 is 5.32 Å². The van der Waals surface area contributed by atoms with Crippen LogP contribution in [-0.2, 0) is 6.54 Å². The number of rotatable bonds is 5. The number of β-amino-alcohol motifs (C(OH)–C–C–N with tert-alkyl or cyclic N) is 1. The molecule has 0 aliphatic carbocycles. The highest BCUT2D eigenvalue weighted by atomic mass is 35.5. The summed E-state index contributed by atoms with van der Waals surface area (Å²) in [6.45, 7) is 3.98. The van der Waals surface area contributed by atoms with Crippen molar-refractivity contribution in [1.29, 1.82) is 0 Å². The molecular weight excluding hydrogens is 376 g/mol. The summed E-state index contributed by atoms with van der Waals surface area (Å²) in [5, 5.41) is 13.4. The Morgan fingerprint density at radius 3 is 2.86 bits per heavy atom. The van der Waals surface area contributed by atoms with E-state index in [2.05, 4.69) is 15.2 Å². The van der Waals surface area contributed by atoms with Gasteiger partial charge in [0, 0.05) is 30.9 Å². The van der Waals surface area contributed by atoms with Crippen molar-refractivity contribution in [3.63, 3.8) is 0 Å². The number of pyridine rings is 1. The number of carbonyl (C=O) groups is 1. The predicted octanol–water partition coefficient (Wildman–Crippen LogP) is 3.05. The van der Waals surface area contributed by atoms with Crippen molar-refractivity contribution in [2.45, 2.75) is 32.0 Å². The maximum absolute atomic E-state index is 13.0. The summed E-state index contributed by atoms with van der Waals surface area (Å²) in [4.78, 5) is 19.8. The molecule has 146 valence electrons. The molecular formula is C21H23ClN4O2. The lowest BCUT2D eigenvalue weighted by atomic mass is 10.1. The third-order valence-corrected chi connectivity index (χ3v) is 5.51. The van der Waals surface area contributed by atoms with Gasteiger partial charge in [-0.25, -0.2) is 4.98 Å². The van der Waals surface area contributed by atoms with Crippen LogP contribution in [0.4, 0.5) is 0 Å². The molecule has 1 aliphatic heterocycles. The normalized spacial score (nSPS) is 18.5. The summed E-state index contributed by atoms with van der Waals surface area (Å²) in [5.41, 5.74) is 2.61. The standard InChI is InChI=1S/C21H23ClN4O2/c1-14(16-6-2-3-7-17(16)22)23-21(28)20-24-18(13-25-11-9-15(27)12-25)19-8-4-5-10-26(19)20/h2-8,10,14-15,27H,9,11-13H2,1H3,(H,23,28). The number of halogens is 1. The van der Waals surface area contributed by atoms with E-state index in [1.807, 2.05) is 60.0 Å². The van der Waals surface area contributed by atoms with Gasteiger partial charge < -0.3 is 10.4 Å². The molecule has 0 saturated carbocycles. The van der Waals surface area contributed by atoms with Gasteiger partial charge in [0.25, 0.3) is 5.91 Å². The van der Waals surface area contributed by atoms with Crippen molar-refractivity contribution >= 4 is 23.0 Å². The van der Waals surface area contributed by atoms with Crippen LogP contribution in [-0.4, -0.2) is 44.5 Å². The molecule has 3 heterocycles. The Morgan fingerprint density at radius 1 is 1.32 bits per heavy atom. The lowest BCUT2D eigenvalue weighted by Crippen LogP contribution is -2.28. The molecule has 1 saturated heterocycles. The molecule has 3 aromatic rings. The first-order valence-corrected chi connectivity index (χ1v) is 9.82. The zero-order valence-electron chi connectivity index (χ0n) is 15.7. The Kier molecular flexibility index (Phi) is 5.35. The fourth-order valence-electron chi connectivity index (χ4n) is 3.71. The third kappa shape index (κ3) is 3.76. The molecule has 0 spiro atoms. The van der Waals surface area contributed by atoms with Crippen LogP contribution in [0.3, 0.4) is 0 Å². The van der Waals surface area contributed by atoms with Crippen LogP contribution in [0.15, 0.2) is 48.7 Å². The molecule has 0 bridgehead atoms. The zero-order valence-corrected chi connectivity index (χ0v) is 16.4. The van der Waals surface area contributed by atoms with Crippen molar-refractivity contribution in [2.24, 2.45) is 0 Å². The summed E-state index contributed by atoms with van der Waals surface area (Å²) < 4.78 is 1.82. The number of likely N-dealkylation sites (tertiary alicyclic amines) is 1. The molecule has 4 rings (SSSR count). The number of nitrogens with zero attached hydrogens (tertiary/aromatic N) is 3. The zero-order chi connectivity index (χ0) is 19.7. The van der Waals surface area contributed by atoms with Crippen LogP contribution in [0.2, 0.25) is 5.02 Å². The Bertz CT molecular complexity index is 1000. The van der Waals surface area contributed by atoms with Gasteiger partial charge in [0.2, 0.25) is 5.82 Å². The summed E-state index contributed by atoms with van der Waals surface area (Å²) in [6, 6.07) is 13.0. The number of imidazole rings is 1. The van der Waals surface area contributed by atoms with E-state index >= 15 is 0 Å². The van der Waals surface area contributed by atoms with Crippen molar-refractivity contribution in [3.05, 3.63) is 70.8 Å². The molecule has 2 aromatic heterocycles. The largest absolute Gasteiger partial charge is 0.392 e. The van der Waals surface area contributed by atoms with E-state index in [1.165, 1.54) is 0 Å². The highest BCUT2D eigenvalue weighted by Gasteiger charge is 2.24. The van der Waals surface area contributed by atoms with E-state index in [-0.39, 0.29) is 18.1 Å². The van der Waals surface area contributed by atoms with Gasteiger partial charge in [0.1, 0.15) is 0 Å². The number of aliphatic hydroxyl groups is 1. The van der Waals surface area contributed by atoms with E-state index in [0.717, 1.165) is 29.7 Å². The first-order chi connectivity index (χ1) is 13.5. The van der Waals surface area contributed by atoms with Crippen molar-refractivity contribution in [2.75, 3.05) is 13.1 Å². The van der Waals surface area contributed by atoms with Gasteiger partial charge in [-0.1, -0.05) is 35.9 Å². The minimum absolute atomic E-state index is 0.241. The van der Waals surface area contributed by atoms with Gasteiger partial charge in [0.15, 0.2) is 0 Å². The molecule has 0 radical (unpaired) electrons.